The van der Waals surface area contributed by atoms with Gasteiger partial charge in [-0.25, -0.2) is 12.2 Å². The van der Waals surface area contributed by atoms with Crippen LogP contribution >= 0.6 is 0 Å². The van der Waals surface area contributed by atoms with Crippen LogP contribution in [0.3, 0.4) is 0 Å². The molecule has 0 heterocycles. The van der Waals surface area contributed by atoms with E-state index in [1.54, 1.807) is 0 Å². The van der Waals surface area contributed by atoms with Crippen LogP contribution in [0.4, 0.5) is 0 Å². The summed E-state index contributed by atoms with van der Waals surface area (Å²) < 4.78 is 0. The maximum atomic E-state index is 2.99. The molecule has 1 aliphatic rings. The van der Waals surface area contributed by atoms with E-state index in [4.69, 9.17) is 0 Å². The molecule has 0 saturated heterocycles. The summed E-state index contributed by atoms with van der Waals surface area (Å²) in [6.07, 6.45) is 10.0. The molecule has 0 N–H and O–H groups in total. The van der Waals surface area contributed by atoms with Gasteiger partial charge in [0.1, 0.15) is 0 Å². The third kappa shape index (κ3) is 1.45. The molecule has 0 aromatic heterocycles. The van der Waals surface area contributed by atoms with E-state index in [-0.39, 0.29) is 17.4 Å². The molecule has 0 saturated carbocycles. The van der Waals surface area contributed by atoms with E-state index in [0.29, 0.717) is 0 Å². The van der Waals surface area contributed by atoms with Crippen molar-refractivity contribution in [3.05, 3.63) is 24.3 Å². The Bertz CT molecular complexity index is 62.0. The first-order valence-electron chi connectivity index (χ1n) is 1.72. The van der Waals surface area contributed by atoms with E-state index in [9.17, 15) is 0 Å². The molecule has 0 amide bonds. The first-order chi connectivity index (χ1) is 2.50. The molecular formula is C5H5Cr-. The third-order valence-corrected chi connectivity index (χ3v) is 0.586. The van der Waals surface area contributed by atoms with Gasteiger partial charge in [-0.15, -0.1) is 6.42 Å². The average Bonchev–Trinajstić information content (AvgIpc) is 1.76. The molecule has 0 unspecified atom stereocenters. The Morgan fingerprint density at radius 2 is 2.33 bits per heavy atom. The van der Waals surface area contributed by atoms with Crippen molar-refractivity contribution in [2.45, 2.75) is 6.42 Å². The molecule has 1 aliphatic carbocycles. The smallest absolute Gasteiger partial charge is 0 e. The predicted octanol–water partition coefficient (Wildman–Crippen LogP) is 1.30. The van der Waals surface area contributed by atoms with Gasteiger partial charge in [0.15, 0.2) is 0 Å². The molecule has 6 heavy (non-hydrogen) atoms. The minimum absolute atomic E-state index is 0. The first-order valence-corrected chi connectivity index (χ1v) is 1.72. The van der Waals surface area contributed by atoms with Crippen molar-refractivity contribution in [3.63, 3.8) is 0 Å². The molecule has 0 fully saturated rings. The number of hydrogen-bond acceptors (Lipinski definition) is 0. The summed E-state index contributed by atoms with van der Waals surface area (Å²) in [6.45, 7) is 0. The summed E-state index contributed by atoms with van der Waals surface area (Å²) in [6, 6.07) is 0. The zero-order chi connectivity index (χ0) is 3.54. The van der Waals surface area contributed by atoms with Gasteiger partial charge in [0.05, 0.1) is 0 Å². The Balaban J connectivity index is 0.000000250. The van der Waals surface area contributed by atoms with Crippen molar-refractivity contribution in [1.29, 1.82) is 0 Å². The Kier molecular flexibility index (Phi) is 3.22. The number of rotatable bonds is 0. The van der Waals surface area contributed by atoms with Crippen molar-refractivity contribution in [2.24, 2.45) is 0 Å². The van der Waals surface area contributed by atoms with Crippen molar-refractivity contribution < 1.29 is 17.4 Å². The zero-order valence-electron chi connectivity index (χ0n) is 3.35. The summed E-state index contributed by atoms with van der Waals surface area (Å²) in [4.78, 5) is 0. The minimum Gasteiger partial charge on any atom is -0.273 e. The molecule has 0 aromatic rings. The Morgan fingerprint density at radius 3 is 2.50 bits per heavy atom. The third-order valence-electron chi connectivity index (χ3n) is 0.586. The summed E-state index contributed by atoms with van der Waals surface area (Å²) in [5, 5.41) is 0. The normalized spacial score (nSPS) is 14.7. The van der Waals surface area contributed by atoms with Gasteiger partial charge in [-0.2, -0.15) is 6.08 Å². The fraction of sp³-hybridized carbons (Fsp3) is 0.200. The van der Waals surface area contributed by atoms with Crippen LogP contribution in [-0.4, -0.2) is 0 Å². The zero-order valence-corrected chi connectivity index (χ0v) is 4.62. The van der Waals surface area contributed by atoms with Crippen LogP contribution in [0.25, 0.3) is 0 Å². The average molecular weight is 117 g/mol. The maximum Gasteiger partial charge on any atom is 0 e. The largest absolute Gasteiger partial charge is 0.273 e. The van der Waals surface area contributed by atoms with Gasteiger partial charge in [0.2, 0.25) is 0 Å². The van der Waals surface area contributed by atoms with Crippen LogP contribution in [0.15, 0.2) is 18.2 Å². The molecule has 0 aliphatic heterocycles. The Morgan fingerprint density at radius 1 is 1.50 bits per heavy atom. The second kappa shape index (κ2) is 3.21. The van der Waals surface area contributed by atoms with E-state index in [1.807, 2.05) is 12.2 Å². The Labute approximate surface area is 48.7 Å². The van der Waals surface area contributed by atoms with Gasteiger partial charge in [0.25, 0.3) is 0 Å². The van der Waals surface area contributed by atoms with Crippen LogP contribution in [0.5, 0.6) is 0 Å². The van der Waals surface area contributed by atoms with E-state index >= 15 is 0 Å². The van der Waals surface area contributed by atoms with Crippen LogP contribution in [-0.2, 0) is 17.4 Å². The van der Waals surface area contributed by atoms with Crippen molar-refractivity contribution in [3.8, 4) is 0 Å². The quantitative estimate of drug-likeness (QED) is 0.419. The van der Waals surface area contributed by atoms with Gasteiger partial charge in [0, 0.05) is 17.4 Å². The molecule has 1 rings (SSSR count). The fourth-order valence-corrected chi connectivity index (χ4v) is 0.340. The van der Waals surface area contributed by atoms with Crippen LogP contribution in [0.2, 0.25) is 0 Å². The molecule has 0 spiro atoms. The monoisotopic (exact) mass is 117 g/mol. The summed E-state index contributed by atoms with van der Waals surface area (Å²) >= 11 is 0. The van der Waals surface area contributed by atoms with Crippen molar-refractivity contribution in [1.82, 2.24) is 0 Å². The molecule has 0 aromatic carbocycles. The van der Waals surface area contributed by atoms with Crippen LogP contribution in [0, 0.1) is 6.08 Å². The number of allylic oxidation sites excluding steroid dienone is 4. The summed E-state index contributed by atoms with van der Waals surface area (Å²) in [7, 11) is 0. The van der Waals surface area contributed by atoms with E-state index in [2.05, 4.69) is 12.2 Å². The molecule has 0 atom stereocenters. The molecule has 0 nitrogen and oxygen atoms in total. The van der Waals surface area contributed by atoms with Gasteiger partial charge in [-0.1, -0.05) is 0 Å². The maximum absolute atomic E-state index is 2.99. The van der Waals surface area contributed by atoms with Gasteiger partial charge >= 0.3 is 0 Å². The second-order valence-corrected chi connectivity index (χ2v) is 1.00. The first kappa shape index (κ1) is 6.01. The molecule has 32 valence electrons. The predicted molar refractivity (Wildman–Crippen MR) is 21.6 cm³/mol. The van der Waals surface area contributed by atoms with E-state index < -0.39 is 0 Å². The van der Waals surface area contributed by atoms with Gasteiger partial charge in [-0.3, -0.25) is 6.08 Å². The van der Waals surface area contributed by atoms with E-state index in [0.717, 1.165) is 6.42 Å². The molecule has 0 radical (unpaired) electrons. The molecule has 1 heteroatoms. The standard InChI is InChI=1S/C5H5.Cr/c1-2-4-5-3-1;/h1-3H,4H2;/q-1;. The van der Waals surface area contributed by atoms with Crippen LogP contribution < -0.4 is 0 Å². The molecule has 0 bridgehead atoms. The topological polar surface area (TPSA) is 0 Å². The summed E-state index contributed by atoms with van der Waals surface area (Å²) in [5.41, 5.74) is 0. The van der Waals surface area contributed by atoms with Gasteiger partial charge < -0.3 is 0 Å². The summed E-state index contributed by atoms with van der Waals surface area (Å²) in [5.74, 6) is 0. The molecular weight excluding hydrogens is 112 g/mol. The van der Waals surface area contributed by atoms with Crippen LogP contribution in [0.1, 0.15) is 6.42 Å². The van der Waals surface area contributed by atoms with Crippen molar-refractivity contribution in [2.75, 3.05) is 0 Å². The second-order valence-electron chi connectivity index (χ2n) is 1.00. The van der Waals surface area contributed by atoms with E-state index in [1.165, 1.54) is 0 Å². The fourth-order valence-electron chi connectivity index (χ4n) is 0.340. The number of hydrogen-bond donors (Lipinski definition) is 0. The Hall–Kier alpha value is 0.0125. The SMILES string of the molecule is [C-]1=CC=CC1.[Cr]. The van der Waals surface area contributed by atoms with Gasteiger partial charge in [-0.05, 0) is 0 Å². The van der Waals surface area contributed by atoms with Crippen molar-refractivity contribution >= 4 is 0 Å². The minimum atomic E-state index is 0.